The molecule has 6 nitrogen and oxygen atoms in total. The smallest absolute Gasteiger partial charge is 0.310 e. The predicted molar refractivity (Wildman–Crippen MR) is 79.8 cm³/mol. The molecule has 0 spiro atoms. The summed E-state index contributed by atoms with van der Waals surface area (Å²) >= 11 is 0. The first-order chi connectivity index (χ1) is 10.5. The molecule has 0 aliphatic heterocycles. The van der Waals surface area contributed by atoms with E-state index in [1.54, 1.807) is 30.3 Å². The number of carbonyl (C=O) groups is 3. The fraction of sp³-hybridized carbons (Fsp3) is 0.438. The van der Waals surface area contributed by atoms with Crippen LogP contribution in [-0.4, -0.2) is 22.9 Å². The van der Waals surface area contributed by atoms with E-state index in [1.807, 2.05) is 0 Å². The summed E-state index contributed by atoms with van der Waals surface area (Å²) in [6, 6.07) is 8.48. The van der Waals surface area contributed by atoms with Gasteiger partial charge in [0.25, 0.3) is 5.91 Å². The number of benzene rings is 1. The van der Waals surface area contributed by atoms with Crippen molar-refractivity contribution in [3.8, 4) is 0 Å². The van der Waals surface area contributed by atoms with Crippen LogP contribution in [0.1, 0.15) is 48.9 Å². The van der Waals surface area contributed by atoms with Gasteiger partial charge < -0.3 is 5.11 Å². The second-order valence-corrected chi connectivity index (χ2v) is 5.69. The Bertz CT molecular complexity index is 551. The molecule has 22 heavy (non-hydrogen) atoms. The first-order valence-corrected chi connectivity index (χ1v) is 7.41. The highest BCUT2D eigenvalue weighted by Crippen LogP contribution is 2.39. The fourth-order valence-electron chi connectivity index (χ4n) is 2.83. The highest BCUT2D eigenvalue weighted by molar-refractivity contribution is 5.95. The van der Waals surface area contributed by atoms with E-state index >= 15 is 0 Å². The molecule has 0 unspecified atom stereocenters. The minimum Gasteiger partial charge on any atom is -0.481 e. The summed E-state index contributed by atoms with van der Waals surface area (Å²) in [4.78, 5) is 35.3. The lowest BCUT2D eigenvalue weighted by Gasteiger charge is -2.32. The van der Waals surface area contributed by atoms with Gasteiger partial charge in [0.1, 0.15) is 0 Å². The molecule has 1 fully saturated rings. The van der Waals surface area contributed by atoms with Crippen LogP contribution in [0, 0.1) is 5.41 Å². The van der Waals surface area contributed by atoms with E-state index in [-0.39, 0.29) is 6.42 Å². The van der Waals surface area contributed by atoms with E-state index in [4.69, 9.17) is 0 Å². The van der Waals surface area contributed by atoms with Crippen LogP contribution in [0.15, 0.2) is 30.3 Å². The molecule has 6 heteroatoms. The molecule has 0 bridgehead atoms. The van der Waals surface area contributed by atoms with Crippen LogP contribution in [0.25, 0.3) is 0 Å². The maximum atomic E-state index is 12.0. The quantitative estimate of drug-likeness (QED) is 0.740. The molecule has 2 rings (SSSR count). The van der Waals surface area contributed by atoms with Gasteiger partial charge in [0.15, 0.2) is 0 Å². The summed E-state index contributed by atoms with van der Waals surface area (Å²) in [7, 11) is 0. The van der Waals surface area contributed by atoms with E-state index in [1.165, 1.54) is 0 Å². The molecule has 1 saturated carbocycles. The normalized spacial score (nSPS) is 16.5. The van der Waals surface area contributed by atoms with Crippen LogP contribution >= 0.6 is 0 Å². The average Bonchev–Trinajstić information content (AvgIpc) is 2.54. The van der Waals surface area contributed by atoms with Crippen molar-refractivity contribution in [2.24, 2.45) is 5.41 Å². The second kappa shape index (κ2) is 7.06. The Morgan fingerprint density at radius 1 is 1.00 bits per heavy atom. The number of aliphatic carboxylic acids is 1. The lowest BCUT2D eigenvalue weighted by atomic mass is 9.72. The Balaban J connectivity index is 1.89. The first kappa shape index (κ1) is 16.0. The number of carboxylic acids is 1. The van der Waals surface area contributed by atoms with Gasteiger partial charge in [0.2, 0.25) is 5.91 Å². The summed E-state index contributed by atoms with van der Waals surface area (Å²) in [5.74, 6) is -1.84. The van der Waals surface area contributed by atoms with Crippen LogP contribution in [0.5, 0.6) is 0 Å². The van der Waals surface area contributed by atoms with Crippen molar-refractivity contribution in [3.63, 3.8) is 0 Å². The van der Waals surface area contributed by atoms with Crippen molar-refractivity contribution < 1.29 is 19.5 Å². The number of carbonyl (C=O) groups excluding carboxylic acids is 2. The topological polar surface area (TPSA) is 95.5 Å². The molecule has 1 aromatic rings. The lowest BCUT2D eigenvalue weighted by Crippen LogP contribution is -2.45. The number of amides is 2. The zero-order valence-corrected chi connectivity index (χ0v) is 12.3. The van der Waals surface area contributed by atoms with Crippen molar-refractivity contribution in [2.75, 3.05) is 0 Å². The third-order valence-electron chi connectivity index (χ3n) is 4.11. The van der Waals surface area contributed by atoms with Gasteiger partial charge in [-0.25, -0.2) is 0 Å². The van der Waals surface area contributed by atoms with E-state index < -0.39 is 23.2 Å². The van der Waals surface area contributed by atoms with Crippen LogP contribution in [0.3, 0.4) is 0 Å². The second-order valence-electron chi connectivity index (χ2n) is 5.69. The maximum Gasteiger partial charge on any atom is 0.310 e. The standard InChI is InChI=1S/C16H20N2O4/c19-13(11-16(15(21)22)9-5-2-6-10-16)17-18-14(20)12-7-3-1-4-8-12/h1,3-4,7-8H,2,5-6,9-11H2,(H,17,19)(H,18,20)(H,21,22). The molecule has 0 saturated heterocycles. The minimum absolute atomic E-state index is 0.114. The van der Waals surface area contributed by atoms with Gasteiger partial charge in [0.05, 0.1) is 5.41 Å². The third kappa shape index (κ3) is 3.84. The Labute approximate surface area is 128 Å². The van der Waals surface area contributed by atoms with Crippen LogP contribution in [0.4, 0.5) is 0 Å². The number of hydrogen-bond donors (Lipinski definition) is 3. The van der Waals surface area contributed by atoms with Gasteiger partial charge in [0, 0.05) is 12.0 Å². The summed E-state index contributed by atoms with van der Waals surface area (Å²) in [6.45, 7) is 0. The molecule has 2 amide bonds. The number of rotatable bonds is 4. The fourth-order valence-corrected chi connectivity index (χ4v) is 2.83. The number of nitrogens with one attached hydrogen (secondary N) is 2. The molecule has 1 aliphatic rings. The number of carboxylic acid groups (broad SMARTS) is 1. The van der Waals surface area contributed by atoms with Gasteiger partial charge in [-0.15, -0.1) is 0 Å². The summed E-state index contributed by atoms with van der Waals surface area (Å²) in [6.07, 6.45) is 3.52. The van der Waals surface area contributed by atoms with E-state index in [2.05, 4.69) is 10.9 Å². The molecular formula is C16H20N2O4. The zero-order chi connectivity index (χ0) is 16.0. The molecule has 0 atom stereocenters. The first-order valence-electron chi connectivity index (χ1n) is 7.41. The van der Waals surface area contributed by atoms with E-state index in [9.17, 15) is 19.5 Å². The molecule has 1 aromatic carbocycles. The van der Waals surface area contributed by atoms with Gasteiger partial charge >= 0.3 is 5.97 Å². The molecule has 1 aliphatic carbocycles. The van der Waals surface area contributed by atoms with Crippen molar-refractivity contribution in [2.45, 2.75) is 38.5 Å². The van der Waals surface area contributed by atoms with Crippen LogP contribution < -0.4 is 10.9 Å². The van der Waals surface area contributed by atoms with E-state index in [0.29, 0.717) is 18.4 Å². The SMILES string of the molecule is O=C(CC1(C(=O)O)CCCCC1)NNC(=O)c1ccccc1. The monoisotopic (exact) mass is 304 g/mol. The Kier molecular flexibility index (Phi) is 5.14. The Morgan fingerprint density at radius 2 is 1.64 bits per heavy atom. The minimum atomic E-state index is -1.00. The van der Waals surface area contributed by atoms with Crippen molar-refractivity contribution in [3.05, 3.63) is 35.9 Å². The number of hydrazine groups is 1. The van der Waals surface area contributed by atoms with E-state index in [0.717, 1.165) is 19.3 Å². The average molecular weight is 304 g/mol. The molecule has 0 aromatic heterocycles. The maximum absolute atomic E-state index is 12.0. The van der Waals surface area contributed by atoms with Crippen molar-refractivity contribution >= 4 is 17.8 Å². The van der Waals surface area contributed by atoms with Gasteiger partial charge in [-0.2, -0.15) is 0 Å². The molecule has 0 heterocycles. The lowest BCUT2D eigenvalue weighted by molar-refractivity contribution is -0.154. The molecule has 0 radical (unpaired) electrons. The van der Waals surface area contributed by atoms with Gasteiger partial charge in [-0.3, -0.25) is 25.2 Å². The third-order valence-corrected chi connectivity index (χ3v) is 4.11. The molecule has 3 N–H and O–H groups in total. The molecular weight excluding hydrogens is 284 g/mol. The Morgan fingerprint density at radius 3 is 2.23 bits per heavy atom. The summed E-state index contributed by atoms with van der Waals surface area (Å²) in [5.41, 5.74) is 4.04. The van der Waals surface area contributed by atoms with Gasteiger partial charge in [-0.05, 0) is 25.0 Å². The van der Waals surface area contributed by atoms with Crippen molar-refractivity contribution in [1.29, 1.82) is 0 Å². The summed E-state index contributed by atoms with van der Waals surface area (Å²) in [5, 5.41) is 9.43. The van der Waals surface area contributed by atoms with Crippen LogP contribution in [-0.2, 0) is 9.59 Å². The molecule has 118 valence electrons. The Hall–Kier alpha value is -2.37. The predicted octanol–water partition coefficient (Wildman–Crippen LogP) is 1.87. The largest absolute Gasteiger partial charge is 0.481 e. The highest BCUT2D eigenvalue weighted by Gasteiger charge is 2.41. The van der Waals surface area contributed by atoms with Gasteiger partial charge in [-0.1, -0.05) is 37.5 Å². The summed E-state index contributed by atoms with van der Waals surface area (Å²) < 4.78 is 0. The number of hydrogen-bond acceptors (Lipinski definition) is 3. The van der Waals surface area contributed by atoms with Crippen LogP contribution in [0.2, 0.25) is 0 Å². The van der Waals surface area contributed by atoms with Crippen molar-refractivity contribution in [1.82, 2.24) is 10.9 Å². The zero-order valence-electron chi connectivity index (χ0n) is 12.3. The highest BCUT2D eigenvalue weighted by atomic mass is 16.4.